The molecule has 0 bridgehead atoms. The highest BCUT2D eigenvalue weighted by molar-refractivity contribution is 7.98. The van der Waals surface area contributed by atoms with Crippen molar-refractivity contribution in [1.29, 1.82) is 5.26 Å². The average molecular weight is 266 g/mol. The number of aromatic nitrogens is 2. The van der Waals surface area contributed by atoms with E-state index < -0.39 is 0 Å². The first-order valence-corrected chi connectivity index (χ1v) is 6.97. The number of aliphatic imine (C=N–C) groups is 1. The molecule has 3 N–H and O–H groups in total. The smallest absolute Gasteiger partial charge is 0.204 e. The van der Waals surface area contributed by atoms with Crippen molar-refractivity contribution < 1.29 is 0 Å². The lowest BCUT2D eigenvalue weighted by molar-refractivity contribution is 0.859. The summed E-state index contributed by atoms with van der Waals surface area (Å²) in [4.78, 5) is 11.7. The van der Waals surface area contributed by atoms with Gasteiger partial charge < -0.3 is 10.3 Å². The maximum atomic E-state index is 8.61. The summed E-state index contributed by atoms with van der Waals surface area (Å²) in [6, 6.07) is 0. The fraction of sp³-hybridized carbons (Fsp3) is 0.545. The normalized spacial score (nSPS) is 12.9. The zero-order valence-electron chi connectivity index (χ0n) is 10.8. The van der Waals surface area contributed by atoms with Gasteiger partial charge in [-0.15, -0.1) is 0 Å². The molecule has 98 valence electrons. The van der Waals surface area contributed by atoms with E-state index in [1.807, 2.05) is 26.3 Å². The van der Waals surface area contributed by atoms with Gasteiger partial charge >= 0.3 is 0 Å². The minimum Gasteiger partial charge on any atom is -0.356 e. The number of aromatic amines is 1. The van der Waals surface area contributed by atoms with Crippen molar-refractivity contribution >= 4 is 17.7 Å². The third-order valence-electron chi connectivity index (χ3n) is 2.39. The highest BCUT2D eigenvalue weighted by Gasteiger charge is 2.14. The molecule has 0 amide bonds. The molecule has 1 unspecified atom stereocenters. The van der Waals surface area contributed by atoms with Gasteiger partial charge in [-0.3, -0.25) is 10.3 Å². The van der Waals surface area contributed by atoms with Crippen molar-refractivity contribution in [3.8, 4) is 6.19 Å². The first-order chi connectivity index (χ1) is 8.72. The van der Waals surface area contributed by atoms with Crippen LogP contribution in [0.3, 0.4) is 0 Å². The van der Waals surface area contributed by atoms with Crippen LogP contribution in [0.1, 0.15) is 23.6 Å². The molecule has 1 atom stereocenters. The lowest BCUT2D eigenvalue weighted by atomic mass is 10.2. The quantitative estimate of drug-likeness (QED) is 0.322. The zero-order valence-corrected chi connectivity index (χ0v) is 11.6. The Morgan fingerprint density at radius 2 is 2.50 bits per heavy atom. The lowest BCUT2D eigenvalue weighted by Gasteiger charge is -2.12. The first kappa shape index (κ1) is 14.4. The molecule has 1 heterocycles. The maximum Gasteiger partial charge on any atom is 0.204 e. The molecule has 0 aliphatic heterocycles. The molecular weight excluding hydrogens is 248 g/mol. The number of hydrogen-bond acceptors (Lipinski definition) is 4. The number of hydrogen-bond donors (Lipinski definition) is 3. The van der Waals surface area contributed by atoms with E-state index in [0.29, 0.717) is 12.5 Å². The highest BCUT2D eigenvalue weighted by atomic mass is 32.2. The maximum absolute atomic E-state index is 8.61. The molecule has 18 heavy (non-hydrogen) atoms. The van der Waals surface area contributed by atoms with Crippen molar-refractivity contribution in [3.05, 3.63) is 17.7 Å². The van der Waals surface area contributed by atoms with Gasteiger partial charge in [-0.05, 0) is 20.1 Å². The highest BCUT2D eigenvalue weighted by Crippen LogP contribution is 2.26. The second-order valence-electron chi connectivity index (χ2n) is 3.59. The predicted molar refractivity (Wildman–Crippen MR) is 74.3 cm³/mol. The Morgan fingerprint density at radius 3 is 3.00 bits per heavy atom. The van der Waals surface area contributed by atoms with Crippen molar-refractivity contribution in [2.75, 3.05) is 19.3 Å². The van der Waals surface area contributed by atoms with Gasteiger partial charge in [0.25, 0.3) is 0 Å². The summed E-state index contributed by atoms with van der Waals surface area (Å²) in [6.45, 7) is 5.25. The van der Waals surface area contributed by atoms with Crippen molar-refractivity contribution in [2.45, 2.75) is 19.1 Å². The van der Waals surface area contributed by atoms with E-state index in [-0.39, 0.29) is 5.25 Å². The van der Waals surface area contributed by atoms with Crippen molar-refractivity contribution in [3.63, 3.8) is 0 Å². The van der Waals surface area contributed by atoms with E-state index >= 15 is 0 Å². The van der Waals surface area contributed by atoms with E-state index in [2.05, 4.69) is 25.6 Å². The SMILES string of the molecule is CCNC(=NCC(SC)c1nc[nH]c1C)NC#N. The van der Waals surface area contributed by atoms with Gasteiger partial charge in [-0.1, -0.05) is 0 Å². The molecule has 0 saturated carbocycles. The zero-order chi connectivity index (χ0) is 13.4. The number of nitriles is 1. The average Bonchev–Trinajstić information content (AvgIpc) is 2.77. The van der Waals surface area contributed by atoms with Crippen LogP contribution in [0.4, 0.5) is 0 Å². The molecular formula is C11H18N6S. The van der Waals surface area contributed by atoms with Crippen LogP contribution in [0, 0.1) is 18.4 Å². The van der Waals surface area contributed by atoms with E-state index in [0.717, 1.165) is 17.9 Å². The third kappa shape index (κ3) is 3.96. The van der Waals surface area contributed by atoms with Crippen molar-refractivity contribution in [2.24, 2.45) is 4.99 Å². The number of rotatable bonds is 5. The molecule has 0 spiro atoms. The summed E-state index contributed by atoms with van der Waals surface area (Å²) in [6.07, 6.45) is 5.59. The lowest BCUT2D eigenvalue weighted by Crippen LogP contribution is -2.34. The second-order valence-corrected chi connectivity index (χ2v) is 4.63. The summed E-state index contributed by atoms with van der Waals surface area (Å²) in [5.41, 5.74) is 2.07. The van der Waals surface area contributed by atoms with Crippen LogP contribution >= 0.6 is 11.8 Å². The molecule has 0 saturated heterocycles. The van der Waals surface area contributed by atoms with E-state index in [1.165, 1.54) is 0 Å². The van der Waals surface area contributed by atoms with E-state index in [9.17, 15) is 0 Å². The Bertz CT molecular complexity index is 433. The summed E-state index contributed by atoms with van der Waals surface area (Å²) >= 11 is 1.69. The van der Waals surface area contributed by atoms with Crippen LogP contribution in [0.5, 0.6) is 0 Å². The van der Waals surface area contributed by atoms with Crippen LogP contribution in [0.2, 0.25) is 0 Å². The fourth-order valence-electron chi connectivity index (χ4n) is 1.50. The van der Waals surface area contributed by atoms with Gasteiger partial charge in [0.2, 0.25) is 5.96 Å². The molecule has 7 heteroatoms. The van der Waals surface area contributed by atoms with Crippen LogP contribution in [-0.2, 0) is 0 Å². The number of nitrogens with zero attached hydrogens (tertiary/aromatic N) is 3. The van der Waals surface area contributed by atoms with E-state index in [1.54, 1.807) is 18.1 Å². The summed E-state index contributed by atoms with van der Waals surface area (Å²) < 4.78 is 0. The molecule has 1 aromatic heterocycles. The fourth-order valence-corrected chi connectivity index (χ4v) is 2.19. The van der Waals surface area contributed by atoms with Gasteiger partial charge in [0.1, 0.15) is 0 Å². The molecule has 0 radical (unpaired) electrons. The number of aryl methyl sites for hydroxylation is 1. The summed E-state index contributed by atoms with van der Waals surface area (Å²) in [5, 5.41) is 14.3. The Labute approximate surface area is 111 Å². The van der Waals surface area contributed by atoms with Gasteiger partial charge in [0, 0.05) is 12.2 Å². The second kappa shape index (κ2) is 7.61. The van der Waals surface area contributed by atoms with Crippen molar-refractivity contribution in [1.82, 2.24) is 20.6 Å². The third-order valence-corrected chi connectivity index (χ3v) is 3.33. The molecule has 0 aliphatic carbocycles. The summed E-state index contributed by atoms with van der Waals surface area (Å²) in [5.74, 6) is 0.507. The molecule has 0 aliphatic rings. The Hall–Kier alpha value is -1.68. The summed E-state index contributed by atoms with van der Waals surface area (Å²) in [7, 11) is 0. The Balaban J connectivity index is 2.71. The number of nitrogens with one attached hydrogen (secondary N) is 3. The van der Waals surface area contributed by atoms with Crippen LogP contribution < -0.4 is 10.6 Å². The van der Waals surface area contributed by atoms with Gasteiger partial charge in [0.15, 0.2) is 6.19 Å². The predicted octanol–water partition coefficient (Wildman–Crippen LogP) is 1.16. The Kier molecular flexibility index (Phi) is 6.08. The number of guanidine groups is 1. The largest absolute Gasteiger partial charge is 0.356 e. The topological polar surface area (TPSA) is 88.9 Å². The first-order valence-electron chi connectivity index (χ1n) is 5.69. The molecule has 1 rings (SSSR count). The van der Waals surface area contributed by atoms with Gasteiger partial charge in [-0.25, -0.2) is 4.98 Å². The monoisotopic (exact) mass is 266 g/mol. The minimum atomic E-state index is 0.186. The molecule has 1 aromatic rings. The van der Waals surface area contributed by atoms with Crippen LogP contribution in [-0.4, -0.2) is 35.3 Å². The minimum absolute atomic E-state index is 0.186. The van der Waals surface area contributed by atoms with Crippen LogP contribution in [0.25, 0.3) is 0 Å². The van der Waals surface area contributed by atoms with Gasteiger partial charge in [0.05, 0.1) is 23.8 Å². The number of H-pyrrole nitrogens is 1. The standard InChI is InChI=1S/C11H18N6S/c1-4-13-11(15-6-12)14-5-9(18-3)10-8(2)16-7-17-10/h7,9H,4-5H2,1-3H3,(H,16,17)(H2,13,14,15). The van der Waals surface area contributed by atoms with Crippen LogP contribution in [0.15, 0.2) is 11.3 Å². The number of thioether (sulfide) groups is 1. The molecule has 6 nitrogen and oxygen atoms in total. The Morgan fingerprint density at radius 1 is 1.72 bits per heavy atom. The molecule has 0 fully saturated rings. The van der Waals surface area contributed by atoms with Gasteiger partial charge in [-0.2, -0.15) is 17.0 Å². The van der Waals surface area contributed by atoms with E-state index in [4.69, 9.17) is 5.26 Å². The number of imidazole rings is 1. The molecule has 0 aromatic carbocycles.